The molecular weight excluding hydrogens is 266 g/mol. The lowest BCUT2D eigenvalue weighted by molar-refractivity contribution is -0.805. The van der Waals surface area contributed by atoms with E-state index in [1.165, 1.54) is 25.7 Å². The number of hydrogen-bond donors (Lipinski definition) is 2. The van der Waals surface area contributed by atoms with E-state index in [1.54, 1.807) is 12.4 Å². The maximum Gasteiger partial charge on any atom is 0.360 e. The Morgan fingerprint density at radius 1 is 1.43 bits per heavy atom. The number of carbonyl (C=O) groups is 1. The Labute approximate surface area is 127 Å². The number of carboxylic acids is 1. The molecule has 5 nitrogen and oxygen atoms in total. The summed E-state index contributed by atoms with van der Waals surface area (Å²) in [7, 11) is 0. The first-order valence-corrected chi connectivity index (χ1v) is 7.77. The molecule has 0 aromatic rings. The van der Waals surface area contributed by atoms with Gasteiger partial charge in [-0.05, 0) is 12.8 Å². The topological polar surface area (TPSA) is 75.7 Å². The fourth-order valence-corrected chi connectivity index (χ4v) is 2.53. The fourth-order valence-electron chi connectivity index (χ4n) is 2.53. The second-order valence-corrected chi connectivity index (χ2v) is 5.59. The number of amidine groups is 1. The minimum Gasteiger partial charge on any atom is -0.477 e. The van der Waals surface area contributed by atoms with Gasteiger partial charge >= 0.3 is 5.97 Å². The molecule has 118 valence electrons. The molecule has 1 aliphatic heterocycles. The number of nitrogens with zero attached hydrogens (tertiary/aromatic N) is 2. The van der Waals surface area contributed by atoms with E-state index >= 15 is 0 Å². The summed E-state index contributed by atoms with van der Waals surface area (Å²) in [4.78, 5) is 15.4. The minimum atomic E-state index is -0.866. The average Bonchev–Trinajstić information content (AvgIpc) is 2.81. The number of allylic oxidation sites excluding steroid dienone is 1. The van der Waals surface area contributed by atoms with Crippen LogP contribution in [-0.4, -0.2) is 34.1 Å². The van der Waals surface area contributed by atoms with Crippen molar-refractivity contribution in [3.05, 3.63) is 24.6 Å². The first kappa shape index (κ1) is 17.6. The predicted molar refractivity (Wildman–Crippen MR) is 85.5 cm³/mol. The number of aliphatic imine (C=N–C) groups is 1. The summed E-state index contributed by atoms with van der Waals surface area (Å²) in [6.07, 6.45) is 14.1. The highest BCUT2D eigenvalue weighted by Gasteiger charge is 2.40. The predicted octanol–water partition coefficient (Wildman–Crippen LogP) is 2.99. The summed E-state index contributed by atoms with van der Waals surface area (Å²) >= 11 is 0. The molecule has 1 rings (SSSR count). The van der Waals surface area contributed by atoms with Crippen LogP contribution in [0.2, 0.25) is 0 Å². The Morgan fingerprint density at radius 3 is 2.81 bits per heavy atom. The van der Waals surface area contributed by atoms with Crippen LogP contribution in [0.1, 0.15) is 52.4 Å². The zero-order valence-corrected chi connectivity index (χ0v) is 13.2. The molecule has 0 aliphatic carbocycles. The standard InChI is InChI=1S/C16H27N3O2/c1-3-4-5-6-7-8-9-10-15-18-11-12-19(15,14(2)17)13-16(20)21/h8-9,11-12,14H,3-7,10,13,17H2,1-2H3/p+1/b9-8+. The van der Waals surface area contributed by atoms with E-state index in [0.29, 0.717) is 6.42 Å². The highest BCUT2D eigenvalue weighted by atomic mass is 16.4. The van der Waals surface area contributed by atoms with Gasteiger partial charge in [-0.25, -0.2) is 14.3 Å². The van der Waals surface area contributed by atoms with Crippen molar-refractivity contribution in [3.8, 4) is 0 Å². The van der Waals surface area contributed by atoms with Crippen molar-refractivity contribution in [2.45, 2.75) is 58.5 Å². The fraction of sp³-hybridized carbons (Fsp3) is 0.625. The molecular formula is C16H28N3O2+. The van der Waals surface area contributed by atoms with Gasteiger partial charge in [-0.15, -0.1) is 0 Å². The number of quaternary nitrogens is 1. The maximum atomic E-state index is 11.1. The average molecular weight is 294 g/mol. The Balaban J connectivity index is 2.53. The van der Waals surface area contributed by atoms with Crippen LogP contribution in [0.3, 0.4) is 0 Å². The first-order chi connectivity index (χ1) is 10.0. The largest absolute Gasteiger partial charge is 0.477 e. The summed E-state index contributed by atoms with van der Waals surface area (Å²) in [6, 6.07) is 0. The van der Waals surface area contributed by atoms with Crippen LogP contribution in [0.25, 0.3) is 0 Å². The van der Waals surface area contributed by atoms with Crippen LogP contribution in [0.5, 0.6) is 0 Å². The van der Waals surface area contributed by atoms with Crippen LogP contribution >= 0.6 is 0 Å². The number of aliphatic carboxylic acids is 1. The summed E-state index contributed by atoms with van der Waals surface area (Å²) in [5, 5.41) is 9.12. The SMILES string of the molecule is CCCCCC/C=C/CC1=NC=C[N+]1(CC(=O)O)C(C)N. The van der Waals surface area contributed by atoms with Gasteiger partial charge in [0.25, 0.3) is 0 Å². The van der Waals surface area contributed by atoms with Gasteiger partial charge in [0.2, 0.25) is 5.84 Å². The van der Waals surface area contributed by atoms with Gasteiger partial charge in [-0.3, -0.25) is 5.73 Å². The lowest BCUT2D eigenvalue weighted by Crippen LogP contribution is -2.58. The van der Waals surface area contributed by atoms with Gasteiger partial charge in [0.15, 0.2) is 6.54 Å². The summed E-state index contributed by atoms with van der Waals surface area (Å²) in [6.45, 7) is 3.97. The van der Waals surface area contributed by atoms with Crippen molar-refractivity contribution in [3.63, 3.8) is 0 Å². The second-order valence-electron chi connectivity index (χ2n) is 5.59. The number of nitrogens with two attached hydrogens (primary N) is 1. The third-order valence-corrected chi connectivity index (χ3v) is 3.85. The monoisotopic (exact) mass is 294 g/mol. The highest BCUT2D eigenvalue weighted by molar-refractivity contribution is 5.82. The summed E-state index contributed by atoms with van der Waals surface area (Å²) in [5.74, 6) is -0.0627. The van der Waals surface area contributed by atoms with Gasteiger partial charge in [0.05, 0.1) is 12.6 Å². The van der Waals surface area contributed by atoms with Gasteiger partial charge in [0, 0.05) is 6.92 Å². The zero-order chi connectivity index (χ0) is 15.7. The Bertz CT molecular complexity index is 427. The third kappa shape index (κ3) is 5.10. The number of unbranched alkanes of at least 4 members (excludes halogenated alkanes) is 4. The first-order valence-electron chi connectivity index (χ1n) is 7.77. The molecule has 0 saturated carbocycles. The van der Waals surface area contributed by atoms with E-state index in [0.717, 1.165) is 12.3 Å². The van der Waals surface area contributed by atoms with Crippen LogP contribution in [0.4, 0.5) is 0 Å². The molecule has 0 spiro atoms. The van der Waals surface area contributed by atoms with Crippen LogP contribution < -0.4 is 5.73 Å². The molecule has 0 fully saturated rings. The Kier molecular flexibility index (Phi) is 7.32. The molecule has 0 aromatic carbocycles. The molecule has 1 aliphatic rings. The third-order valence-electron chi connectivity index (χ3n) is 3.85. The van der Waals surface area contributed by atoms with Crippen LogP contribution in [0, 0.1) is 0 Å². The molecule has 0 radical (unpaired) electrons. The number of rotatable bonds is 10. The zero-order valence-electron chi connectivity index (χ0n) is 13.2. The number of hydrogen-bond acceptors (Lipinski definition) is 3. The van der Waals surface area contributed by atoms with Crippen LogP contribution in [-0.2, 0) is 4.79 Å². The van der Waals surface area contributed by atoms with Crippen molar-refractivity contribution in [1.29, 1.82) is 0 Å². The normalized spacial score (nSPS) is 22.7. The van der Waals surface area contributed by atoms with E-state index < -0.39 is 5.97 Å². The highest BCUT2D eigenvalue weighted by Crippen LogP contribution is 2.22. The molecule has 1 heterocycles. The van der Waals surface area contributed by atoms with E-state index in [-0.39, 0.29) is 17.2 Å². The lowest BCUT2D eigenvalue weighted by atomic mass is 10.1. The van der Waals surface area contributed by atoms with Gasteiger partial charge < -0.3 is 5.11 Å². The Hall–Kier alpha value is -1.46. The summed E-state index contributed by atoms with van der Waals surface area (Å²) < 4.78 is 0.121. The van der Waals surface area contributed by atoms with Gasteiger partial charge in [0.1, 0.15) is 12.4 Å². The van der Waals surface area contributed by atoms with E-state index in [1.807, 2.05) is 6.92 Å². The quantitative estimate of drug-likeness (QED) is 0.369. The molecule has 21 heavy (non-hydrogen) atoms. The van der Waals surface area contributed by atoms with E-state index in [4.69, 9.17) is 10.8 Å². The van der Waals surface area contributed by atoms with Crippen molar-refractivity contribution < 1.29 is 14.4 Å². The molecule has 0 amide bonds. The van der Waals surface area contributed by atoms with Crippen molar-refractivity contribution in [2.24, 2.45) is 10.7 Å². The van der Waals surface area contributed by atoms with Crippen molar-refractivity contribution >= 4 is 11.8 Å². The van der Waals surface area contributed by atoms with E-state index in [9.17, 15) is 4.79 Å². The smallest absolute Gasteiger partial charge is 0.360 e. The van der Waals surface area contributed by atoms with Crippen molar-refractivity contribution in [2.75, 3.05) is 6.54 Å². The molecule has 2 atom stereocenters. The number of carboxylic acid groups (broad SMARTS) is 1. The van der Waals surface area contributed by atoms with E-state index in [2.05, 4.69) is 24.1 Å². The van der Waals surface area contributed by atoms with Crippen LogP contribution in [0.15, 0.2) is 29.5 Å². The molecule has 0 saturated heterocycles. The molecule has 0 aromatic heterocycles. The Morgan fingerprint density at radius 2 is 2.19 bits per heavy atom. The second kappa shape index (κ2) is 8.74. The van der Waals surface area contributed by atoms with Crippen molar-refractivity contribution in [1.82, 2.24) is 0 Å². The van der Waals surface area contributed by atoms with Gasteiger partial charge in [-0.1, -0.05) is 38.3 Å². The summed E-state index contributed by atoms with van der Waals surface area (Å²) in [5.41, 5.74) is 6.01. The lowest BCUT2D eigenvalue weighted by Gasteiger charge is -2.34. The van der Waals surface area contributed by atoms with Gasteiger partial charge in [-0.2, -0.15) is 0 Å². The molecule has 2 unspecified atom stereocenters. The minimum absolute atomic E-state index is 0.0582. The molecule has 0 bridgehead atoms. The molecule has 3 N–H and O–H groups in total. The maximum absolute atomic E-state index is 11.1. The molecule has 5 heteroatoms.